The summed E-state index contributed by atoms with van der Waals surface area (Å²) in [6.45, 7) is 2.08. The van der Waals surface area contributed by atoms with Gasteiger partial charge in [-0.2, -0.15) is 0 Å². The van der Waals surface area contributed by atoms with Crippen molar-refractivity contribution in [1.29, 1.82) is 0 Å². The van der Waals surface area contributed by atoms with Gasteiger partial charge in [0.05, 0.1) is 28.1 Å². The topological polar surface area (TPSA) is 65.8 Å². The zero-order valence-corrected chi connectivity index (χ0v) is 17.2. The van der Waals surface area contributed by atoms with Crippen molar-refractivity contribution in [3.8, 4) is 0 Å². The first kappa shape index (κ1) is 19.1. The van der Waals surface area contributed by atoms with E-state index in [2.05, 4.69) is 24.1 Å². The van der Waals surface area contributed by atoms with Gasteiger partial charge in [0.15, 0.2) is 0 Å². The van der Waals surface area contributed by atoms with Crippen LogP contribution < -0.4 is 10.3 Å². The minimum Gasteiger partial charge on any atom is -0.477 e. The number of thioether (sulfide) groups is 1. The van der Waals surface area contributed by atoms with E-state index >= 15 is 4.39 Å². The van der Waals surface area contributed by atoms with Crippen LogP contribution in [0, 0.1) is 5.82 Å². The van der Waals surface area contributed by atoms with Crippen LogP contribution in [-0.2, 0) is 5.88 Å². The van der Waals surface area contributed by atoms with Gasteiger partial charge < -0.3 is 14.6 Å². The summed E-state index contributed by atoms with van der Waals surface area (Å²) in [6.07, 6.45) is 0. The molecule has 0 saturated carbocycles. The summed E-state index contributed by atoms with van der Waals surface area (Å²) < 4.78 is 16.9. The number of carboxylic acid groups (broad SMARTS) is 1. The zero-order valence-electron chi connectivity index (χ0n) is 16.3. The first-order valence-electron chi connectivity index (χ1n) is 9.72. The SMILES string of the molecule is CN1CCN(c2cc3c(cc2F)c(=O)c(C(=O)O)c2n3CS2)CC1c1ccccc1. The molecule has 2 aromatic carbocycles. The minimum absolute atomic E-state index is 0.117. The monoisotopic (exact) mass is 425 g/mol. The van der Waals surface area contributed by atoms with Gasteiger partial charge in [-0.1, -0.05) is 42.1 Å². The Labute approximate surface area is 176 Å². The normalized spacial score (nSPS) is 18.9. The Bertz CT molecular complexity index is 1230. The van der Waals surface area contributed by atoms with Gasteiger partial charge in [0, 0.05) is 25.0 Å². The van der Waals surface area contributed by atoms with Gasteiger partial charge in [0.25, 0.3) is 0 Å². The molecule has 1 unspecified atom stereocenters. The number of benzene rings is 2. The number of aromatic carboxylic acids is 1. The van der Waals surface area contributed by atoms with E-state index in [1.807, 2.05) is 23.1 Å². The highest BCUT2D eigenvalue weighted by Gasteiger charge is 2.31. The standard InChI is InChI=1S/C22H20FN3O3S/c1-24-7-8-25(11-18(24)13-5-3-2-4-6-13)17-10-16-14(9-15(17)23)20(27)19(22(28)29)21-26(16)12-30-21/h2-6,9-10,18H,7-8,11-12H2,1H3,(H,28,29). The molecule has 1 saturated heterocycles. The molecule has 3 heterocycles. The predicted molar refractivity (Wildman–Crippen MR) is 115 cm³/mol. The summed E-state index contributed by atoms with van der Waals surface area (Å²) in [5.41, 5.74) is 1.32. The van der Waals surface area contributed by atoms with Gasteiger partial charge >= 0.3 is 5.97 Å². The molecule has 0 radical (unpaired) electrons. The van der Waals surface area contributed by atoms with Crippen molar-refractivity contribution in [3.05, 3.63) is 69.6 Å². The first-order valence-corrected chi connectivity index (χ1v) is 10.7. The lowest BCUT2D eigenvalue weighted by atomic mass is 10.0. The number of aromatic nitrogens is 1. The van der Waals surface area contributed by atoms with E-state index in [-0.39, 0.29) is 17.0 Å². The van der Waals surface area contributed by atoms with Crippen molar-refractivity contribution in [2.75, 3.05) is 31.6 Å². The maximum atomic E-state index is 15.1. The number of carbonyl (C=O) groups is 1. The van der Waals surface area contributed by atoms with Crippen molar-refractivity contribution in [3.63, 3.8) is 0 Å². The van der Waals surface area contributed by atoms with Crippen molar-refractivity contribution in [2.24, 2.45) is 0 Å². The minimum atomic E-state index is -1.27. The summed E-state index contributed by atoms with van der Waals surface area (Å²) in [4.78, 5) is 28.5. The second-order valence-electron chi connectivity index (χ2n) is 7.69. The summed E-state index contributed by atoms with van der Waals surface area (Å²) in [5, 5.41) is 9.98. The van der Waals surface area contributed by atoms with Gasteiger partial charge in [0.2, 0.25) is 5.43 Å². The summed E-state index contributed by atoms with van der Waals surface area (Å²) in [7, 11) is 2.07. The van der Waals surface area contributed by atoms with Crippen LogP contribution in [0.5, 0.6) is 0 Å². The quantitative estimate of drug-likeness (QED) is 0.694. The van der Waals surface area contributed by atoms with Crippen molar-refractivity contribution < 1.29 is 14.3 Å². The third-order valence-electron chi connectivity index (χ3n) is 6.00. The molecule has 8 heteroatoms. The van der Waals surface area contributed by atoms with Crippen LogP contribution in [0.4, 0.5) is 10.1 Å². The Morgan fingerprint density at radius 2 is 1.97 bits per heavy atom. The molecular formula is C22H20FN3O3S. The molecule has 1 fully saturated rings. The fraction of sp³-hybridized carbons (Fsp3) is 0.273. The maximum Gasteiger partial charge on any atom is 0.342 e. The average Bonchev–Trinajstić information content (AvgIpc) is 2.71. The summed E-state index contributed by atoms with van der Waals surface area (Å²) >= 11 is 1.33. The van der Waals surface area contributed by atoms with Crippen LogP contribution >= 0.6 is 11.8 Å². The second-order valence-corrected chi connectivity index (χ2v) is 8.62. The number of likely N-dealkylation sites (N-methyl/N-ethyl adjacent to an activating group) is 1. The fourth-order valence-corrected chi connectivity index (χ4v) is 5.28. The lowest BCUT2D eigenvalue weighted by Crippen LogP contribution is -2.47. The summed E-state index contributed by atoms with van der Waals surface area (Å²) in [6, 6.07) is 13.2. The number of pyridine rings is 1. The molecule has 5 rings (SSSR count). The molecule has 0 bridgehead atoms. The van der Waals surface area contributed by atoms with Crippen LogP contribution in [-0.4, -0.2) is 47.2 Å². The highest BCUT2D eigenvalue weighted by Crippen LogP contribution is 2.38. The smallest absolute Gasteiger partial charge is 0.342 e. The van der Waals surface area contributed by atoms with Gasteiger partial charge in [-0.05, 0) is 24.7 Å². The van der Waals surface area contributed by atoms with E-state index < -0.39 is 17.2 Å². The lowest BCUT2D eigenvalue weighted by molar-refractivity contribution is 0.0689. The molecule has 1 aromatic heterocycles. The number of piperazine rings is 1. The Morgan fingerprint density at radius 3 is 2.63 bits per heavy atom. The molecule has 154 valence electrons. The maximum absolute atomic E-state index is 15.1. The number of hydrogen-bond acceptors (Lipinski definition) is 5. The molecule has 3 aromatic rings. The van der Waals surface area contributed by atoms with E-state index in [0.29, 0.717) is 35.2 Å². The average molecular weight is 425 g/mol. The number of carboxylic acids is 1. The highest BCUT2D eigenvalue weighted by atomic mass is 32.2. The molecule has 1 N–H and O–H groups in total. The van der Waals surface area contributed by atoms with E-state index in [0.717, 1.165) is 6.54 Å². The Hall–Kier alpha value is -2.84. The lowest BCUT2D eigenvalue weighted by Gasteiger charge is -2.41. The van der Waals surface area contributed by atoms with Crippen LogP contribution in [0.3, 0.4) is 0 Å². The van der Waals surface area contributed by atoms with Gasteiger partial charge in [-0.3, -0.25) is 9.69 Å². The molecule has 0 spiro atoms. The molecule has 2 aliphatic rings. The second kappa shape index (κ2) is 7.14. The van der Waals surface area contributed by atoms with Crippen LogP contribution in [0.25, 0.3) is 10.9 Å². The molecule has 2 aliphatic heterocycles. The Kier molecular flexibility index (Phi) is 4.56. The van der Waals surface area contributed by atoms with Crippen molar-refractivity contribution in [1.82, 2.24) is 9.47 Å². The molecular weight excluding hydrogens is 405 g/mol. The third-order valence-corrected chi connectivity index (χ3v) is 7.09. The van der Waals surface area contributed by atoms with E-state index in [4.69, 9.17) is 0 Å². The number of rotatable bonds is 3. The van der Waals surface area contributed by atoms with Gasteiger partial charge in [0.1, 0.15) is 11.4 Å². The van der Waals surface area contributed by atoms with E-state index in [9.17, 15) is 14.7 Å². The largest absolute Gasteiger partial charge is 0.477 e. The Morgan fingerprint density at radius 1 is 1.20 bits per heavy atom. The number of nitrogens with zero attached hydrogens (tertiary/aromatic N) is 3. The summed E-state index contributed by atoms with van der Waals surface area (Å²) in [5.74, 6) is -1.22. The number of fused-ring (bicyclic) bond motifs is 3. The fourth-order valence-electron chi connectivity index (χ4n) is 4.33. The highest BCUT2D eigenvalue weighted by molar-refractivity contribution is 7.99. The van der Waals surface area contributed by atoms with Crippen molar-refractivity contribution in [2.45, 2.75) is 16.9 Å². The van der Waals surface area contributed by atoms with Gasteiger partial charge in [-0.15, -0.1) is 0 Å². The Balaban J connectivity index is 1.59. The number of halogens is 1. The molecule has 30 heavy (non-hydrogen) atoms. The molecule has 1 atom stereocenters. The molecule has 0 aliphatic carbocycles. The number of hydrogen-bond donors (Lipinski definition) is 1. The molecule has 0 amide bonds. The third kappa shape index (κ3) is 2.90. The van der Waals surface area contributed by atoms with Crippen LogP contribution in [0.2, 0.25) is 0 Å². The molecule has 6 nitrogen and oxygen atoms in total. The van der Waals surface area contributed by atoms with Gasteiger partial charge in [-0.25, -0.2) is 9.18 Å². The van der Waals surface area contributed by atoms with E-state index in [1.54, 1.807) is 10.6 Å². The first-order chi connectivity index (χ1) is 14.5. The number of anilines is 1. The zero-order chi connectivity index (χ0) is 21.0. The van der Waals surface area contributed by atoms with E-state index in [1.165, 1.54) is 23.4 Å². The van der Waals surface area contributed by atoms with Crippen molar-refractivity contribution >= 4 is 34.3 Å². The predicted octanol–water partition coefficient (Wildman–Crippen LogP) is 3.40. The van der Waals surface area contributed by atoms with Crippen LogP contribution in [0.1, 0.15) is 22.0 Å². The van der Waals surface area contributed by atoms with Crippen LogP contribution in [0.15, 0.2) is 52.3 Å².